The third-order valence-corrected chi connectivity index (χ3v) is 2.47. The summed E-state index contributed by atoms with van der Waals surface area (Å²) in [5.41, 5.74) is 1.41. The summed E-state index contributed by atoms with van der Waals surface area (Å²) in [7, 11) is 0. The Bertz CT molecular complexity index is 394. The van der Waals surface area contributed by atoms with Crippen molar-refractivity contribution < 1.29 is 4.74 Å². The van der Waals surface area contributed by atoms with Gasteiger partial charge in [-0.05, 0) is 30.5 Å². The van der Waals surface area contributed by atoms with Crippen molar-refractivity contribution in [3.8, 4) is 5.75 Å². The Balaban J connectivity index is 0.000000184. The van der Waals surface area contributed by atoms with Crippen molar-refractivity contribution >= 4 is 0 Å². The van der Waals surface area contributed by atoms with Crippen LogP contribution in [0, 0.1) is 0 Å². The van der Waals surface area contributed by atoms with Crippen LogP contribution in [-0.2, 0) is 6.42 Å². The number of para-hydroxylation sites is 1. The van der Waals surface area contributed by atoms with Crippen molar-refractivity contribution in [1.29, 1.82) is 0 Å². The summed E-state index contributed by atoms with van der Waals surface area (Å²) in [5.74, 6) is 0.962. The molecule has 96 valence electrons. The van der Waals surface area contributed by atoms with E-state index in [9.17, 15) is 0 Å². The number of aryl methyl sites for hydroxylation is 1. The molecule has 1 nitrogen and oxygen atoms in total. The molecule has 0 aliphatic rings. The molecule has 0 unspecified atom stereocenters. The van der Waals surface area contributed by atoms with E-state index in [-0.39, 0.29) is 0 Å². The molecular formula is C17H22O. The lowest BCUT2D eigenvalue weighted by Gasteiger charge is -2.01. The maximum Gasteiger partial charge on any atom is 0.119 e. The van der Waals surface area contributed by atoms with Gasteiger partial charge in [-0.15, -0.1) is 0 Å². The first-order valence-corrected chi connectivity index (χ1v) is 6.58. The van der Waals surface area contributed by atoms with Crippen LogP contribution in [0.25, 0.3) is 0 Å². The molecule has 2 aromatic rings. The molecule has 1 heteroatoms. The standard InChI is InChI=1S/C9H12O.C8H10/c1-2-8-10-9-6-4-3-5-7-9;1-2-8-6-4-3-5-7-8/h3-7H,2,8H2,1H3;3-7H,2H2,1H3. The Morgan fingerprint density at radius 1 is 0.778 bits per heavy atom. The smallest absolute Gasteiger partial charge is 0.119 e. The predicted molar refractivity (Wildman–Crippen MR) is 78.0 cm³/mol. The van der Waals surface area contributed by atoms with Crippen LogP contribution in [0.4, 0.5) is 0 Å². The van der Waals surface area contributed by atoms with Crippen LogP contribution in [0.5, 0.6) is 5.75 Å². The van der Waals surface area contributed by atoms with Crippen LogP contribution in [0.3, 0.4) is 0 Å². The van der Waals surface area contributed by atoms with Gasteiger partial charge in [-0.2, -0.15) is 0 Å². The van der Waals surface area contributed by atoms with Crippen molar-refractivity contribution in [3.05, 3.63) is 66.2 Å². The molecule has 0 fully saturated rings. The lowest BCUT2D eigenvalue weighted by molar-refractivity contribution is 0.317. The monoisotopic (exact) mass is 242 g/mol. The minimum atomic E-state index is 0.810. The highest BCUT2D eigenvalue weighted by molar-refractivity contribution is 5.20. The van der Waals surface area contributed by atoms with Gasteiger partial charge >= 0.3 is 0 Å². The minimum absolute atomic E-state index is 0.810. The van der Waals surface area contributed by atoms with E-state index in [2.05, 4.69) is 38.1 Å². The van der Waals surface area contributed by atoms with Gasteiger partial charge in [0.1, 0.15) is 5.75 Å². The van der Waals surface area contributed by atoms with Crippen LogP contribution in [-0.4, -0.2) is 6.61 Å². The Morgan fingerprint density at radius 2 is 1.33 bits per heavy atom. The molecule has 0 saturated heterocycles. The van der Waals surface area contributed by atoms with Gasteiger partial charge in [0.2, 0.25) is 0 Å². The second-order valence-corrected chi connectivity index (χ2v) is 4.00. The Morgan fingerprint density at radius 3 is 1.78 bits per heavy atom. The first-order valence-electron chi connectivity index (χ1n) is 6.58. The van der Waals surface area contributed by atoms with Crippen molar-refractivity contribution in [1.82, 2.24) is 0 Å². The molecule has 0 amide bonds. The first-order chi connectivity index (χ1) is 8.86. The fourth-order valence-corrected chi connectivity index (χ4v) is 1.45. The van der Waals surface area contributed by atoms with Gasteiger partial charge in [0.25, 0.3) is 0 Å². The van der Waals surface area contributed by atoms with Crippen LogP contribution in [0.15, 0.2) is 60.7 Å². The number of rotatable bonds is 4. The third kappa shape index (κ3) is 6.09. The van der Waals surface area contributed by atoms with Crippen molar-refractivity contribution in [2.24, 2.45) is 0 Å². The summed E-state index contributed by atoms with van der Waals surface area (Å²) >= 11 is 0. The summed E-state index contributed by atoms with van der Waals surface area (Å²) in [6.07, 6.45) is 2.20. The van der Waals surface area contributed by atoms with Gasteiger partial charge in [-0.1, -0.05) is 62.4 Å². The molecule has 0 heterocycles. The molecule has 2 aromatic carbocycles. The molecule has 0 atom stereocenters. The maximum atomic E-state index is 5.36. The van der Waals surface area contributed by atoms with Gasteiger partial charge < -0.3 is 4.74 Å². The van der Waals surface area contributed by atoms with Crippen molar-refractivity contribution in [2.45, 2.75) is 26.7 Å². The number of hydrogen-bond donors (Lipinski definition) is 0. The molecule has 0 spiro atoms. The molecule has 0 aliphatic heterocycles. The highest BCUT2D eigenvalue weighted by Gasteiger charge is 1.86. The van der Waals surface area contributed by atoms with Crippen LogP contribution < -0.4 is 4.74 Å². The average molecular weight is 242 g/mol. The van der Waals surface area contributed by atoms with E-state index >= 15 is 0 Å². The second-order valence-electron chi connectivity index (χ2n) is 4.00. The van der Waals surface area contributed by atoms with E-state index in [1.165, 1.54) is 5.56 Å². The van der Waals surface area contributed by atoms with E-state index in [1.54, 1.807) is 0 Å². The lowest BCUT2D eigenvalue weighted by atomic mass is 10.2. The molecule has 0 aliphatic carbocycles. The zero-order valence-corrected chi connectivity index (χ0v) is 11.3. The number of ether oxygens (including phenoxy) is 1. The predicted octanol–water partition coefficient (Wildman–Crippen LogP) is 4.72. The number of benzene rings is 2. The largest absolute Gasteiger partial charge is 0.494 e. The van der Waals surface area contributed by atoms with E-state index in [0.29, 0.717) is 0 Å². The van der Waals surface area contributed by atoms with Gasteiger partial charge in [-0.3, -0.25) is 0 Å². The molecule has 0 bridgehead atoms. The summed E-state index contributed by atoms with van der Waals surface area (Å²) < 4.78 is 5.36. The zero-order valence-electron chi connectivity index (χ0n) is 11.3. The summed E-state index contributed by atoms with van der Waals surface area (Å²) in [6.45, 7) is 5.07. The Labute approximate surface area is 110 Å². The molecular weight excluding hydrogens is 220 g/mol. The fourth-order valence-electron chi connectivity index (χ4n) is 1.45. The average Bonchev–Trinajstić information content (AvgIpc) is 2.48. The van der Waals surface area contributed by atoms with E-state index in [0.717, 1.165) is 25.2 Å². The normalized spacial score (nSPS) is 9.22. The molecule has 18 heavy (non-hydrogen) atoms. The molecule has 0 N–H and O–H groups in total. The molecule has 2 rings (SSSR count). The van der Waals surface area contributed by atoms with E-state index in [1.807, 2.05) is 36.4 Å². The summed E-state index contributed by atoms with van der Waals surface area (Å²) in [4.78, 5) is 0. The summed E-state index contributed by atoms with van der Waals surface area (Å²) in [6, 6.07) is 20.3. The lowest BCUT2D eigenvalue weighted by Crippen LogP contribution is -1.93. The highest BCUT2D eigenvalue weighted by atomic mass is 16.5. The molecule has 0 aromatic heterocycles. The van der Waals surface area contributed by atoms with Crippen molar-refractivity contribution in [2.75, 3.05) is 6.61 Å². The van der Waals surface area contributed by atoms with Gasteiger partial charge in [0.05, 0.1) is 6.61 Å². The highest BCUT2D eigenvalue weighted by Crippen LogP contribution is 2.07. The Kier molecular flexibility index (Phi) is 7.38. The van der Waals surface area contributed by atoms with Gasteiger partial charge in [-0.25, -0.2) is 0 Å². The van der Waals surface area contributed by atoms with E-state index < -0.39 is 0 Å². The first kappa shape index (κ1) is 14.3. The molecule has 0 radical (unpaired) electrons. The van der Waals surface area contributed by atoms with Crippen LogP contribution >= 0.6 is 0 Å². The van der Waals surface area contributed by atoms with Crippen LogP contribution in [0.2, 0.25) is 0 Å². The quantitative estimate of drug-likeness (QED) is 0.753. The summed E-state index contributed by atoms with van der Waals surface area (Å²) in [5, 5.41) is 0. The van der Waals surface area contributed by atoms with Crippen molar-refractivity contribution in [3.63, 3.8) is 0 Å². The minimum Gasteiger partial charge on any atom is -0.494 e. The zero-order chi connectivity index (χ0) is 13.1. The van der Waals surface area contributed by atoms with Gasteiger partial charge in [0, 0.05) is 0 Å². The Hall–Kier alpha value is -1.76. The van der Waals surface area contributed by atoms with Gasteiger partial charge in [0.15, 0.2) is 0 Å². The van der Waals surface area contributed by atoms with E-state index in [4.69, 9.17) is 4.74 Å². The second kappa shape index (κ2) is 9.29. The topological polar surface area (TPSA) is 9.23 Å². The van der Waals surface area contributed by atoms with Crippen LogP contribution in [0.1, 0.15) is 25.8 Å². The maximum absolute atomic E-state index is 5.36. The number of hydrogen-bond acceptors (Lipinski definition) is 1. The molecule has 0 saturated carbocycles. The third-order valence-electron chi connectivity index (χ3n) is 2.47. The SMILES string of the molecule is CCCOc1ccccc1.CCc1ccccc1. The fraction of sp³-hybridized carbons (Fsp3) is 0.294.